The number of esters is 1. The van der Waals surface area contributed by atoms with Crippen LogP contribution in [0, 0.1) is 30.4 Å². The summed E-state index contributed by atoms with van der Waals surface area (Å²) in [6.45, 7) is 3.69. The van der Waals surface area contributed by atoms with Crippen molar-refractivity contribution in [1.29, 1.82) is 0 Å². The summed E-state index contributed by atoms with van der Waals surface area (Å²) >= 11 is 0. The second-order valence-electron chi connectivity index (χ2n) is 6.70. The first-order chi connectivity index (χ1) is 11.0. The van der Waals surface area contributed by atoms with Crippen LogP contribution in [0.25, 0.3) is 0 Å². The maximum absolute atomic E-state index is 13.7. The highest BCUT2D eigenvalue weighted by molar-refractivity contribution is 5.72. The number of carbonyl (C=O) groups excluding carboxylic acids is 1. The van der Waals surface area contributed by atoms with E-state index in [2.05, 4.69) is 6.92 Å². The molecule has 4 heteroatoms. The maximum Gasteiger partial charge on any atom is 0.311 e. The predicted octanol–water partition coefficient (Wildman–Crippen LogP) is 5.57. The number of hydrogen-bond donors (Lipinski definition) is 0. The zero-order valence-corrected chi connectivity index (χ0v) is 14.0. The average Bonchev–Trinajstić information content (AvgIpc) is 2.55. The summed E-state index contributed by atoms with van der Waals surface area (Å²) in [5.74, 6) is -1.45. The molecule has 1 fully saturated rings. The zero-order chi connectivity index (χ0) is 16.8. The van der Waals surface area contributed by atoms with Gasteiger partial charge >= 0.3 is 5.97 Å². The molecule has 0 aromatic heterocycles. The molecule has 2 rings (SSSR count). The number of benzene rings is 1. The van der Waals surface area contributed by atoms with E-state index in [-0.39, 0.29) is 17.7 Å². The van der Waals surface area contributed by atoms with Crippen molar-refractivity contribution in [2.75, 3.05) is 0 Å². The summed E-state index contributed by atoms with van der Waals surface area (Å²) < 4.78 is 32.1. The molecule has 0 N–H and O–H groups in total. The molecular formula is C19H26F2O2. The predicted molar refractivity (Wildman–Crippen MR) is 86.3 cm³/mol. The Kier molecular flexibility index (Phi) is 6.55. The van der Waals surface area contributed by atoms with Gasteiger partial charge < -0.3 is 4.74 Å². The van der Waals surface area contributed by atoms with Crippen LogP contribution in [0.1, 0.15) is 63.9 Å². The SMILES string of the molecule is CCCC1CCC(CCC(=O)Oc2ccc(C)c(F)c2F)CC1. The second-order valence-corrected chi connectivity index (χ2v) is 6.70. The summed E-state index contributed by atoms with van der Waals surface area (Å²) in [4.78, 5) is 11.9. The van der Waals surface area contributed by atoms with E-state index in [0.717, 1.165) is 25.2 Å². The molecule has 1 aliphatic rings. The highest BCUT2D eigenvalue weighted by atomic mass is 19.2. The molecule has 0 aliphatic heterocycles. The first kappa shape index (κ1) is 17.9. The molecule has 23 heavy (non-hydrogen) atoms. The van der Waals surface area contributed by atoms with Crippen LogP contribution in [-0.4, -0.2) is 5.97 Å². The fraction of sp³-hybridized carbons (Fsp3) is 0.632. The molecular weight excluding hydrogens is 298 g/mol. The first-order valence-corrected chi connectivity index (χ1v) is 8.66. The van der Waals surface area contributed by atoms with Crippen LogP contribution in [0.5, 0.6) is 5.75 Å². The van der Waals surface area contributed by atoms with Crippen molar-refractivity contribution < 1.29 is 18.3 Å². The lowest BCUT2D eigenvalue weighted by Crippen LogP contribution is -2.17. The van der Waals surface area contributed by atoms with Gasteiger partial charge in [-0.2, -0.15) is 4.39 Å². The molecule has 2 nitrogen and oxygen atoms in total. The molecule has 0 atom stereocenters. The highest BCUT2D eigenvalue weighted by Gasteiger charge is 2.22. The van der Waals surface area contributed by atoms with Crippen LogP contribution >= 0.6 is 0 Å². The summed E-state index contributed by atoms with van der Waals surface area (Å²) in [5.41, 5.74) is 0.200. The van der Waals surface area contributed by atoms with E-state index in [1.165, 1.54) is 44.7 Å². The molecule has 1 aromatic carbocycles. The van der Waals surface area contributed by atoms with Gasteiger partial charge in [-0.25, -0.2) is 4.39 Å². The number of halogens is 2. The Bertz CT molecular complexity index is 534. The third kappa shape index (κ3) is 5.02. The Balaban J connectivity index is 1.77. The zero-order valence-electron chi connectivity index (χ0n) is 14.0. The fourth-order valence-corrected chi connectivity index (χ4v) is 3.42. The Labute approximate surface area is 137 Å². The fourth-order valence-electron chi connectivity index (χ4n) is 3.42. The summed E-state index contributed by atoms with van der Waals surface area (Å²) in [6.07, 6.45) is 8.37. The topological polar surface area (TPSA) is 26.3 Å². The smallest absolute Gasteiger partial charge is 0.311 e. The molecule has 0 amide bonds. The number of hydrogen-bond acceptors (Lipinski definition) is 2. The molecule has 1 aliphatic carbocycles. The maximum atomic E-state index is 13.7. The largest absolute Gasteiger partial charge is 0.423 e. The minimum absolute atomic E-state index is 0.200. The van der Waals surface area contributed by atoms with Crippen molar-refractivity contribution in [3.63, 3.8) is 0 Å². The van der Waals surface area contributed by atoms with Crippen LogP contribution < -0.4 is 4.74 Å². The third-order valence-electron chi connectivity index (χ3n) is 4.88. The number of ether oxygens (including phenoxy) is 1. The quantitative estimate of drug-likeness (QED) is 0.505. The van der Waals surface area contributed by atoms with Gasteiger partial charge in [-0.3, -0.25) is 4.79 Å². The van der Waals surface area contributed by atoms with E-state index in [9.17, 15) is 13.6 Å². The van der Waals surface area contributed by atoms with E-state index in [4.69, 9.17) is 4.74 Å². The van der Waals surface area contributed by atoms with Gasteiger partial charge in [0.2, 0.25) is 5.82 Å². The Morgan fingerprint density at radius 3 is 2.30 bits per heavy atom. The lowest BCUT2D eigenvalue weighted by molar-refractivity contribution is -0.135. The van der Waals surface area contributed by atoms with Crippen molar-refractivity contribution >= 4 is 5.97 Å². The molecule has 0 radical (unpaired) electrons. The van der Waals surface area contributed by atoms with Crippen molar-refractivity contribution in [2.24, 2.45) is 11.8 Å². The van der Waals surface area contributed by atoms with Gasteiger partial charge in [0, 0.05) is 6.42 Å². The van der Waals surface area contributed by atoms with Crippen LogP contribution in [0.2, 0.25) is 0 Å². The summed E-state index contributed by atoms with van der Waals surface area (Å²) in [6, 6.07) is 2.72. The summed E-state index contributed by atoms with van der Waals surface area (Å²) in [5, 5.41) is 0. The lowest BCUT2D eigenvalue weighted by atomic mass is 9.78. The minimum atomic E-state index is -1.08. The van der Waals surface area contributed by atoms with Crippen molar-refractivity contribution in [3.05, 3.63) is 29.3 Å². The van der Waals surface area contributed by atoms with Gasteiger partial charge in [-0.15, -0.1) is 0 Å². The number of rotatable bonds is 6. The number of carbonyl (C=O) groups is 1. The monoisotopic (exact) mass is 324 g/mol. The van der Waals surface area contributed by atoms with Crippen molar-refractivity contribution in [1.82, 2.24) is 0 Å². The summed E-state index contributed by atoms with van der Waals surface area (Å²) in [7, 11) is 0. The molecule has 0 saturated heterocycles. The van der Waals surface area contributed by atoms with Gasteiger partial charge in [-0.05, 0) is 36.8 Å². The van der Waals surface area contributed by atoms with Crippen molar-refractivity contribution in [3.8, 4) is 5.75 Å². The van der Waals surface area contributed by atoms with E-state index in [1.54, 1.807) is 0 Å². The molecule has 0 spiro atoms. The Hall–Kier alpha value is -1.45. The van der Waals surface area contributed by atoms with Gasteiger partial charge in [-0.1, -0.05) is 51.5 Å². The Morgan fingerprint density at radius 1 is 1.09 bits per heavy atom. The standard InChI is InChI=1S/C19H26F2O2/c1-3-4-14-6-8-15(9-7-14)10-12-17(22)23-16-11-5-13(2)18(20)19(16)21/h5,11,14-15H,3-4,6-10,12H2,1-2H3. The molecule has 0 bridgehead atoms. The van der Waals surface area contributed by atoms with E-state index in [0.29, 0.717) is 5.92 Å². The van der Waals surface area contributed by atoms with E-state index >= 15 is 0 Å². The lowest BCUT2D eigenvalue weighted by Gasteiger charge is -2.28. The van der Waals surface area contributed by atoms with Crippen LogP contribution in [0.3, 0.4) is 0 Å². The van der Waals surface area contributed by atoms with Crippen LogP contribution in [0.15, 0.2) is 12.1 Å². The van der Waals surface area contributed by atoms with Gasteiger partial charge in [0.05, 0.1) is 0 Å². The molecule has 0 heterocycles. The normalized spacial score (nSPS) is 21.2. The first-order valence-electron chi connectivity index (χ1n) is 8.66. The van der Waals surface area contributed by atoms with E-state index < -0.39 is 17.6 Å². The van der Waals surface area contributed by atoms with Crippen LogP contribution in [-0.2, 0) is 4.79 Å². The molecule has 0 unspecified atom stereocenters. The molecule has 128 valence electrons. The third-order valence-corrected chi connectivity index (χ3v) is 4.88. The van der Waals surface area contributed by atoms with Crippen molar-refractivity contribution in [2.45, 2.75) is 65.2 Å². The van der Waals surface area contributed by atoms with Gasteiger partial charge in [0.1, 0.15) is 0 Å². The number of aryl methyl sites for hydroxylation is 1. The van der Waals surface area contributed by atoms with Gasteiger partial charge in [0.25, 0.3) is 0 Å². The minimum Gasteiger partial charge on any atom is -0.423 e. The highest BCUT2D eigenvalue weighted by Crippen LogP contribution is 2.34. The second kappa shape index (κ2) is 8.42. The molecule has 1 saturated carbocycles. The van der Waals surface area contributed by atoms with E-state index in [1.807, 2.05) is 0 Å². The van der Waals surface area contributed by atoms with Crippen LogP contribution in [0.4, 0.5) is 8.78 Å². The average molecular weight is 324 g/mol. The van der Waals surface area contributed by atoms with Gasteiger partial charge in [0.15, 0.2) is 11.6 Å². The molecule has 1 aromatic rings. The Morgan fingerprint density at radius 2 is 1.70 bits per heavy atom.